The van der Waals surface area contributed by atoms with Crippen LogP contribution in [0.4, 0.5) is 11.4 Å². The van der Waals surface area contributed by atoms with Gasteiger partial charge in [0.25, 0.3) is 0 Å². The van der Waals surface area contributed by atoms with Gasteiger partial charge >= 0.3 is 0 Å². The second-order valence-electron chi connectivity index (χ2n) is 4.88. The maximum atomic E-state index is 5.83. The van der Waals surface area contributed by atoms with E-state index in [1.807, 2.05) is 12.1 Å². The average Bonchev–Trinajstić information content (AvgIpc) is 2.38. The largest absolute Gasteiger partial charge is 0.399 e. The number of hydrogen-bond acceptors (Lipinski definition) is 3. The average molecular weight is 233 g/mol. The molecule has 1 aromatic carbocycles. The predicted molar refractivity (Wildman–Crippen MR) is 74.4 cm³/mol. The van der Waals surface area contributed by atoms with Crippen molar-refractivity contribution < 1.29 is 0 Å². The number of benzene rings is 1. The molecule has 94 valence electrons. The lowest BCUT2D eigenvalue weighted by Crippen LogP contribution is -2.49. The number of nitrogens with zero attached hydrogens (tertiary/aromatic N) is 2. The zero-order chi connectivity index (χ0) is 12.3. The van der Waals surface area contributed by atoms with Gasteiger partial charge in [0.1, 0.15) is 0 Å². The van der Waals surface area contributed by atoms with E-state index in [2.05, 4.69) is 35.8 Å². The maximum absolute atomic E-state index is 5.83. The first-order valence-electron chi connectivity index (χ1n) is 6.55. The molecule has 2 rings (SSSR count). The van der Waals surface area contributed by atoms with E-state index in [1.54, 1.807) is 0 Å². The number of hydrogen-bond donors (Lipinski definition) is 1. The normalized spacial score (nSPS) is 19.3. The highest BCUT2D eigenvalue weighted by Crippen LogP contribution is 2.20. The molecular weight excluding hydrogens is 210 g/mol. The van der Waals surface area contributed by atoms with Crippen LogP contribution in [-0.2, 0) is 0 Å². The lowest BCUT2D eigenvalue weighted by Gasteiger charge is -2.39. The van der Waals surface area contributed by atoms with Gasteiger partial charge in [0.15, 0.2) is 0 Å². The fourth-order valence-electron chi connectivity index (χ4n) is 2.40. The molecule has 1 aliphatic rings. The summed E-state index contributed by atoms with van der Waals surface area (Å²) >= 11 is 0. The molecule has 2 N–H and O–H groups in total. The predicted octanol–water partition coefficient (Wildman–Crippen LogP) is 2.19. The second-order valence-corrected chi connectivity index (χ2v) is 4.88. The summed E-state index contributed by atoms with van der Waals surface area (Å²) in [4.78, 5) is 5.00. The summed E-state index contributed by atoms with van der Waals surface area (Å²) in [5.74, 6) is 0. The van der Waals surface area contributed by atoms with Crippen molar-refractivity contribution >= 4 is 11.4 Å². The van der Waals surface area contributed by atoms with Crippen molar-refractivity contribution in [1.82, 2.24) is 4.90 Å². The Morgan fingerprint density at radius 2 is 1.94 bits per heavy atom. The molecule has 1 atom stereocenters. The molecule has 3 nitrogen and oxygen atoms in total. The Kier molecular flexibility index (Phi) is 3.89. The van der Waals surface area contributed by atoms with Crippen LogP contribution in [0.2, 0.25) is 0 Å². The minimum absolute atomic E-state index is 0.706. The van der Waals surface area contributed by atoms with Crippen LogP contribution in [0.15, 0.2) is 24.3 Å². The number of nitrogens with two attached hydrogens (primary N) is 1. The molecule has 0 bridgehead atoms. The topological polar surface area (TPSA) is 32.5 Å². The Labute approximate surface area is 104 Å². The smallest absolute Gasteiger partial charge is 0.0387 e. The number of anilines is 2. The molecule has 1 fully saturated rings. The standard InChI is InChI=1S/C14H23N3/c1-3-12(2)16-7-9-17(10-8-16)14-6-4-5-13(15)11-14/h4-6,11-12H,3,7-10,15H2,1-2H3. The Hall–Kier alpha value is -1.22. The van der Waals surface area contributed by atoms with Crippen LogP contribution < -0.4 is 10.6 Å². The van der Waals surface area contributed by atoms with Crippen LogP contribution in [0.5, 0.6) is 0 Å². The molecule has 0 amide bonds. The second kappa shape index (κ2) is 5.41. The first-order valence-corrected chi connectivity index (χ1v) is 6.55. The van der Waals surface area contributed by atoms with Gasteiger partial charge in [0, 0.05) is 43.6 Å². The van der Waals surface area contributed by atoms with E-state index in [4.69, 9.17) is 5.73 Å². The summed E-state index contributed by atoms with van der Waals surface area (Å²) in [6.45, 7) is 9.10. The van der Waals surface area contributed by atoms with Gasteiger partial charge in [0.05, 0.1) is 0 Å². The quantitative estimate of drug-likeness (QED) is 0.812. The third-order valence-electron chi connectivity index (χ3n) is 3.76. The van der Waals surface area contributed by atoms with Crippen LogP contribution in [0.1, 0.15) is 20.3 Å². The summed E-state index contributed by atoms with van der Waals surface area (Å²) in [6, 6.07) is 8.90. The molecule has 1 aliphatic heterocycles. The Balaban J connectivity index is 1.95. The van der Waals surface area contributed by atoms with E-state index in [1.165, 1.54) is 12.1 Å². The van der Waals surface area contributed by atoms with Crippen molar-refractivity contribution in [1.29, 1.82) is 0 Å². The number of rotatable bonds is 3. The summed E-state index contributed by atoms with van der Waals surface area (Å²) in [6.07, 6.45) is 1.23. The molecule has 0 aliphatic carbocycles. The summed E-state index contributed by atoms with van der Waals surface area (Å²) < 4.78 is 0. The van der Waals surface area contributed by atoms with Gasteiger partial charge in [-0.05, 0) is 31.5 Å². The van der Waals surface area contributed by atoms with Gasteiger partial charge in [-0.2, -0.15) is 0 Å². The van der Waals surface area contributed by atoms with Crippen molar-refractivity contribution in [3.05, 3.63) is 24.3 Å². The van der Waals surface area contributed by atoms with Crippen LogP contribution in [0.3, 0.4) is 0 Å². The van der Waals surface area contributed by atoms with Crippen LogP contribution >= 0.6 is 0 Å². The molecule has 0 aromatic heterocycles. The molecule has 3 heteroatoms. The molecule has 1 saturated heterocycles. The van der Waals surface area contributed by atoms with Crippen molar-refractivity contribution in [3.8, 4) is 0 Å². The summed E-state index contributed by atoms with van der Waals surface area (Å²) in [5, 5.41) is 0. The number of nitrogen functional groups attached to an aromatic ring is 1. The van der Waals surface area contributed by atoms with Gasteiger partial charge < -0.3 is 10.6 Å². The van der Waals surface area contributed by atoms with Crippen molar-refractivity contribution in [2.24, 2.45) is 0 Å². The molecular formula is C14H23N3. The Morgan fingerprint density at radius 1 is 1.24 bits per heavy atom. The monoisotopic (exact) mass is 233 g/mol. The fourth-order valence-corrected chi connectivity index (χ4v) is 2.40. The minimum Gasteiger partial charge on any atom is -0.399 e. The van der Waals surface area contributed by atoms with E-state index in [0.717, 1.165) is 31.9 Å². The van der Waals surface area contributed by atoms with Crippen LogP contribution in [0, 0.1) is 0 Å². The first-order chi connectivity index (χ1) is 8.20. The van der Waals surface area contributed by atoms with E-state index in [9.17, 15) is 0 Å². The minimum atomic E-state index is 0.706. The van der Waals surface area contributed by atoms with Gasteiger partial charge in [-0.15, -0.1) is 0 Å². The zero-order valence-corrected chi connectivity index (χ0v) is 10.9. The lowest BCUT2D eigenvalue weighted by molar-refractivity contribution is 0.193. The molecule has 0 spiro atoms. The zero-order valence-electron chi connectivity index (χ0n) is 10.9. The molecule has 1 unspecified atom stereocenters. The van der Waals surface area contributed by atoms with E-state index < -0.39 is 0 Å². The molecule has 0 radical (unpaired) electrons. The molecule has 17 heavy (non-hydrogen) atoms. The van der Waals surface area contributed by atoms with E-state index >= 15 is 0 Å². The van der Waals surface area contributed by atoms with E-state index in [0.29, 0.717) is 6.04 Å². The third kappa shape index (κ3) is 2.91. The molecule has 1 heterocycles. The fraction of sp³-hybridized carbons (Fsp3) is 0.571. The van der Waals surface area contributed by atoms with Crippen molar-refractivity contribution in [2.45, 2.75) is 26.3 Å². The number of piperazine rings is 1. The Morgan fingerprint density at radius 3 is 2.53 bits per heavy atom. The third-order valence-corrected chi connectivity index (χ3v) is 3.76. The van der Waals surface area contributed by atoms with Gasteiger partial charge in [-0.3, -0.25) is 4.90 Å². The highest BCUT2D eigenvalue weighted by Gasteiger charge is 2.20. The first kappa shape index (κ1) is 12.2. The summed E-state index contributed by atoms with van der Waals surface area (Å²) in [7, 11) is 0. The van der Waals surface area contributed by atoms with Crippen molar-refractivity contribution in [2.75, 3.05) is 36.8 Å². The Bertz CT molecular complexity index is 356. The van der Waals surface area contributed by atoms with Gasteiger partial charge in [-0.25, -0.2) is 0 Å². The van der Waals surface area contributed by atoms with Gasteiger partial charge in [0.2, 0.25) is 0 Å². The SMILES string of the molecule is CCC(C)N1CCN(c2cccc(N)c2)CC1. The van der Waals surface area contributed by atoms with Crippen LogP contribution in [0.25, 0.3) is 0 Å². The molecule has 0 saturated carbocycles. The summed E-state index contributed by atoms with van der Waals surface area (Å²) in [5.41, 5.74) is 7.94. The maximum Gasteiger partial charge on any atom is 0.0387 e. The lowest BCUT2D eigenvalue weighted by atomic mass is 10.1. The van der Waals surface area contributed by atoms with E-state index in [-0.39, 0.29) is 0 Å². The van der Waals surface area contributed by atoms with Crippen molar-refractivity contribution in [3.63, 3.8) is 0 Å². The van der Waals surface area contributed by atoms with Crippen LogP contribution in [-0.4, -0.2) is 37.1 Å². The highest BCUT2D eigenvalue weighted by molar-refractivity contribution is 5.56. The highest BCUT2D eigenvalue weighted by atomic mass is 15.3. The molecule has 1 aromatic rings. The van der Waals surface area contributed by atoms with Gasteiger partial charge in [-0.1, -0.05) is 13.0 Å².